The highest BCUT2D eigenvalue weighted by Gasteiger charge is 2.31. The maximum Gasteiger partial charge on any atom is 0.416 e. The van der Waals surface area contributed by atoms with Crippen LogP contribution in [0.15, 0.2) is 18.2 Å². The Bertz CT molecular complexity index is 418. The molecule has 114 valence electrons. The zero-order chi connectivity index (χ0) is 15.3. The topological polar surface area (TPSA) is 3.24 Å². The van der Waals surface area contributed by atoms with E-state index in [0.717, 1.165) is 31.5 Å². The van der Waals surface area contributed by atoms with Crippen molar-refractivity contribution in [2.45, 2.75) is 45.7 Å². The van der Waals surface area contributed by atoms with Crippen molar-refractivity contribution in [1.82, 2.24) is 4.90 Å². The standard InChI is InChI=1S/C14H18F3N.C2H6/c1-10-7-12(9-13(8-10)14(15,16)17)11-3-5-18(2)6-4-11;1-2/h7-9,11H,3-6H2,1-2H3;1-2H3. The molecule has 20 heavy (non-hydrogen) atoms. The van der Waals surface area contributed by atoms with Crippen LogP contribution in [-0.2, 0) is 6.18 Å². The molecule has 0 aliphatic carbocycles. The highest BCUT2D eigenvalue weighted by Crippen LogP contribution is 2.34. The summed E-state index contributed by atoms with van der Waals surface area (Å²) in [6, 6.07) is 4.44. The molecule has 1 aromatic rings. The van der Waals surface area contributed by atoms with Gasteiger partial charge in [0.05, 0.1) is 5.56 Å². The van der Waals surface area contributed by atoms with Gasteiger partial charge in [-0.05, 0) is 63.5 Å². The van der Waals surface area contributed by atoms with E-state index in [1.54, 1.807) is 6.92 Å². The Morgan fingerprint density at radius 1 is 1.05 bits per heavy atom. The van der Waals surface area contributed by atoms with Crippen molar-refractivity contribution in [3.05, 3.63) is 34.9 Å². The maximum atomic E-state index is 12.8. The third-order valence-corrected chi connectivity index (χ3v) is 3.62. The van der Waals surface area contributed by atoms with Crippen molar-refractivity contribution >= 4 is 0 Å². The summed E-state index contributed by atoms with van der Waals surface area (Å²) in [5, 5.41) is 0. The van der Waals surface area contributed by atoms with Gasteiger partial charge in [-0.2, -0.15) is 13.2 Å². The van der Waals surface area contributed by atoms with E-state index in [1.807, 2.05) is 27.0 Å². The van der Waals surface area contributed by atoms with E-state index in [-0.39, 0.29) is 5.92 Å². The number of aryl methyl sites for hydroxylation is 1. The molecule has 1 nitrogen and oxygen atoms in total. The first-order valence-electron chi connectivity index (χ1n) is 7.23. The van der Waals surface area contributed by atoms with Crippen LogP contribution in [0.5, 0.6) is 0 Å². The second-order valence-corrected chi connectivity index (χ2v) is 5.21. The second kappa shape index (κ2) is 7.11. The molecule has 2 rings (SSSR count). The molecule has 0 radical (unpaired) electrons. The first-order valence-corrected chi connectivity index (χ1v) is 7.23. The summed E-state index contributed by atoms with van der Waals surface area (Å²) in [6.45, 7) is 7.65. The predicted molar refractivity (Wildman–Crippen MR) is 77.0 cm³/mol. The van der Waals surface area contributed by atoms with E-state index < -0.39 is 11.7 Å². The van der Waals surface area contributed by atoms with Crippen LogP contribution >= 0.6 is 0 Å². The van der Waals surface area contributed by atoms with Crippen LogP contribution in [0, 0.1) is 6.92 Å². The van der Waals surface area contributed by atoms with Crippen LogP contribution in [0.3, 0.4) is 0 Å². The van der Waals surface area contributed by atoms with Gasteiger partial charge in [0.15, 0.2) is 0 Å². The number of hydrogen-bond donors (Lipinski definition) is 0. The van der Waals surface area contributed by atoms with Gasteiger partial charge in [-0.15, -0.1) is 0 Å². The summed E-state index contributed by atoms with van der Waals surface area (Å²) in [6.07, 6.45) is -2.36. The molecule has 1 aliphatic rings. The average Bonchev–Trinajstić information content (AvgIpc) is 2.40. The van der Waals surface area contributed by atoms with Crippen molar-refractivity contribution in [3.63, 3.8) is 0 Å². The van der Waals surface area contributed by atoms with Gasteiger partial charge < -0.3 is 4.90 Å². The van der Waals surface area contributed by atoms with Gasteiger partial charge in [0.25, 0.3) is 0 Å². The number of rotatable bonds is 1. The van der Waals surface area contributed by atoms with E-state index >= 15 is 0 Å². The first-order chi connectivity index (χ1) is 9.36. The van der Waals surface area contributed by atoms with Crippen LogP contribution < -0.4 is 0 Å². The number of halogens is 3. The molecule has 4 heteroatoms. The minimum absolute atomic E-state index is 0.266. The highest BCUT2D eigenvalue weighted by molar-refractivity contribution is 5.33. The molecule has 1 aromatic carbocycles. The smallest absolute Gasteiger partial charge is 0.306 e. The van der Waals surface area contributed by atoms with Crippen molar-refractivity contribution in [3.8, 4) is 0 Å². The monoisotopic (exact) mass is 287 g/mol. The van der Waals surface area contributed by atoms with Crippen molar-refractivity contribution in [2.75, 3.05) is 20.1 Å². The summed E-state index contributed by atoms with van der Waals surface area (Å²) >= 11 is 0. The zero-order valence-electron chi connectivity index (χ0n) is 12.7. The van der Waals surface area contributed by atoms with E-state index in [9.17, 15) is 13.2 Å². The Morgan fingerprint density at radius 2 is 1.60 bits per heavy atom. The molecule has 1 fully saturated rings. The fourth-order valence-electron chi connectivity index (χ4n) is 2.55. The molecule has 0 bridgehead atoms. The lowest BCUT2D eigenvalue weighted by Crippen LogP contribution is -2.29. The molecule has 0 amide bonds. The number of hydrogen-bond acceptors (Lipinski definition) is 1. The molecule has 0 spiro atoms. The lowest BCUT2D eigenvalue weighted by molar-refractivity contribution is -0.137. The molecule has 0 atom stereocenters. The summed E-state index contributed by atoms with van der Waals surface area (Å²) in [7, 11) is 2.05. The third kappa shape index (κ3) is 4.51. The minimum atomic E-state index is -4.24. The van der Waals surface area contributed by atoms with Crippen LogP contribution in [0.25, 0.3) is 0 Å². The number of piperidine rings is 1. The first kappa shape index (κ1) is 17.0. The molecule has 0 N–H and O–H groups in total. The van der Waals surface area contributed by atoms with Gasteiger partial charge in [-0.1, -0.05) is 25.5 Å². The fourth-order valence-corrected chi connectivity index (χ4v) is 2.55. The molecule has 1 saturated heterocycles. The summed E-state index contributed by atoms with van der Waals surface area (Å²) < 4.78 is 38.3. The quantitative estimate of drug-likeness (QED) is 0.713. The molecule has 0 aromatic heterocycles. The van der Waals surface area contributed by atoms with Crippen molar-refractivity contribution in [1.29, 1.82) is 0 Å². The largest absolute Gasteiger partial charge is 0.416 e. The second-order valence-electron chi connectivity index (χ2n) is 5.21. The molecule has 0 unspecified atom stereocenters. The number of likely N-dealkylation sites (tertiary alicyclic amines) is 1. The van der Waals surface area contributed by atoms with E-state index in [0.29, 0.717) is 5.56 Å². The number of alkyl halides is 3. The van der Waals surface area contributed by atoms with E-state index in [4.69, 9.17) is 0 Å². The third-order valence-electron chi connectivity index (χ3n) is 3.62. The summed E-state index contributed by atoms with van der Waals surface area (Å²) in [5.41, 5.74) is 1.02. The summed E-state index contributed by atoms with van der Waals surface area (Å²) in [5.74, 6) is 0.266. The average molecular weight is 287 g/mol. The Kier molecular flexibility index (Phi) is 6.06. The van der Waals surface area contributed by atoms with Crippen molar-refractivity contribution < 1.29 is 13.2 Å². The Balaban J connectivity index is 0.000000956. The molecule has 0 saturated carbocycles. The minimum Gasteiger partial charge on any atom is -0.306 e. The molecular weight excluding hydrogens is 263 g/mol. The Labute approximate surface area is 119 Å². The predicted octanol–water partition coefficient (Wildman–Crippen LogP) is 4.85. The Morgan fingerprint density at radius 3 is 2.10 bits per heavy atom. The van der Waals surface area contributed by atoms with Crippen LogP contribution in [-0.4, -0.2) is 25.0 Å². The highest BCUT2D eigenvalue weighted by atomic mass is 19.4. The SMILES string of the molecule is CC.Cc1cc(C2CCN(C)CC2)cc(C(F)(F)F)c1. The fraction of sp³-hybridized carbons (Fsp3) is 0.625. The normalized spacial score (nSPS) is 17.6. The lowest BCUT2D eigenvalue weighted by Gasteiger charge is -2.29. The van der Waals surface area contributed by atoms with Gasteiger partial charge in [-0.3, -0.25) is 0 Å². The van der Waals surface area contributed by atoms with Crippen molar-refractivity contribution in [2.24, 2.45) is 0 Å². The lowest BCUT2D eigenvalue weighted by atomic mass is 9.87. The van der Waals surface area contributed by atoms with Crippen LogP contribution in [0.2, 0.25) is 0 Å². The molecule has 1 aliphatic heterocycles. The number of nitrogens with zero attached hydrogens (tertiary/aromatic N) is 1. The van der Waals surface area contributed by atoms with E-state index in [2.05, 4.69) is 4.90 Å². The van der Waals surface area contributed by atoms with Gasteiger partial charge >= 0.3 is 6.18 Å². The van der Waals surface area contributed by atoms with Gasteiger partial charge in [0.2, 0.25) is 0 Å². The molecular formula is C16H24F3N. The zero-order valence-corrected chi connectivity index (χ0v) is 12.7. The van der Waals surface area contributed by atoms with E-state index in [1.165, 1.54) is 12.1 Å². The number of benzene rings is 1. The molecule has 1 heterocycles. The summed E-state index contributed by atoms with van der Waals surface area (Å²) in [4.78, 5) is 2.22. The van der Waals surface area contributed by atoms with Gasteiger partial charge in [0.1, 0.15) is 0 Å². The maximum absolute atomic E-state index is 12.8. The van der Waals surface area contributed by atoms with Crippen LogP contribution in [0.1, 0.15) is 49.3 Å². The van der Waals surface area contributed by atoms with Crippen LogP contribution in [0.4, 0.5) is 13.2 Å². The van der Waals surface area contributed by atoms with Gasteiger partial charge in [-0.25, -0.2) is 0 Å². The Hall–Kier alpha value is -1.03. The van der Waals surface area contributed by atoms with Gasteiger partial charge in [0, 0.05) is 0 Å².